The molecule has 0 saturated carbocycles. The molecule has 2 saturated heterocycles. The summed E-state index contributed by atoms with van der Waals surface area (Å²) in [6, 6.07) is 0. The van der Waals surface area contributed by atoms with Crippen molar-refractivity contribution in [1.29, 1.82) is 0 Å². The number of ether oxygens (including phenoxy) is 4. The highest BCUT2D eigenvalue weighted by Crippen LogP contribution is 2.14. The van der Waals surface area contributed by atoms with Gasteiger partial charge in [0.1, 0.15) is 13.1 Å². The molecule has 2 aliphatic rings. The van der Waals surface area contributed by atoms with Crippen molar-refractivity contribution < 1.29 is 33.3 Å². The van der Waals surface area contributed by atoms with Gasteiger partial charge in [0.05, 0.1) is 52.9 Å². The Labute approximate surface area is 265 Å². The average molecular weight is 630 g/mol. The van der Waals surface area contributed by atoms with Crippen LogP contribution >= 0.6 is 12.6 Å². The van der Waals surface area contributed by atoms with Gasteiger partial charge in [-0.2, -0.15) is 12.6 Å². The third-order valence-corrected chi connectivity index (χ3v) is 8.34. The van der Waals surface area contributed by atoms with E-state index in [1.165, 1.54) is 69.1 Å². The number of carbonyl (C=O) groups excluding carboxylic acids is 3. The highest BCUT2D eigenvalue weighted by atomic mass is 32.1. The van der Waals surface area contributed by atoms with E-state index >= 15 is 0 Å². The number of carbonyl (C=O) groups is 3. The van der Waals surface area contributed by atoms with Gasteiger partial charge in [0.25, 0.3) is 0 Å². The molecule has 2 fully saturated rings. The number of amides is 3. The lowest BCUT2D eigenvalue weighted by molar-refractivity contribution is -0.145. The maximum absolute atomic E-state index is 13.3. The Kier molecular flexibility index (Phi) is 22.7. The summed E-state index contributed by atoms with van der Waals surface area (Å²) < 4.78 is 22.7. The fraction of sp³-hybridized carbons (Fsp3) is 0.906. The number of hydrogen-bond donors (Lipinski definition) is 1. The third-order valence-electron chi connectivity index (χ3n) is 8.03. The van der Waals surface area contributed by atoms with Gasteiger partial charge in [-0.1, -0.05) is 70.6 Å². The minimum absolute atomic E-state index is 0.124. The van der Waals surface area contributed by atoms with E-state index in [0.29, 0.717) is 85.5 Å². The second kappa shape index (κ2) is 25.9. The molecule has 43 heavy (non-hydrogen) atoms. The summed E-state index contributed by atoms with van der Waals surface area (Å²) in [5, 5.41) is 0. The van der Waals surface area contributed by atoms with Crippen molar-refractivity contribution in [3.63, 3.8) is 0 Å². The first-order valence-electron chi connectivity index (χ1n) is 16.9. The molecule has 2 aliphatic heterocycles. The van der Waals surface area contributed by atoms with Crippen LogP contribution < -0.4 is 0 Å². The summed E-state index contributed by atoms with van der Waals surface area (Å²) in [6.07, 6.45) is 16.1. The van der Waals surface area contributed by atoms with Crippen LogP contribution in [0.2, 0.25) is 0 Å². The van der Waals surface area contributed by atoms with Crippen LogP contribution in [0, 0.1) is 0 Å². The second-order valence-corrected chi connectivity index (χ2v) is 12.0. The minimum Gasteiger partial charge on any atom is -0.377 e. The van der Waals surface area contributed by atoms with Crippen LogP contribution in [-0.2, 0) is 33.3 Å². The first-order chi connectivity index (χ1) is 21.1. The molecule has 0 atom stereocenters. The third kappa shape index (κ3) is 18.9. The average Bonchev–Trinajstić information content (AvgIpc) is 3.00. The SMILES string of the molecule is O=C1CN(C(=O)CCCCCCCCCCCCCCCS)CC(=O)N2CCOCCOCCN1CCOCCOCC2. The van der Waals surface area contributed by atoms with E-state index in [0.717, 1.165) is 25.0 Å². The Morgan fingerprint density at radius 2 is 0.837 bits per heavy atom. The number of fused-ring (bicyclic) bond motifs is 6. The van der Waals surface area contributed by atoms with Gasteiger partial charge in [0, 0.05) is 32.6 Å². The molecule has 0 aromatic heterocycles. The normalized spacial score (nSPS) is 19.0. The highest BCUT2D eigenvalue weighted by molar-refractivity contribution is 7.80. The maximum atomic E-state index is 13.3. The molecule has 0 N–H and O–H groups in total. The van der Waals surface area contributed by atoms with Crippen molar-refractivity contribution in [3.05, 3.63) is 0 Å². The monoisotopic (exact) mass is 629 g/mol. The molecule has 0 aliphatic carbocycles. The first-order valence-corrected chi connectivity index (χ1v) is 17.5. The van der Waals surface area contributed by atoms with Crippen LogP contribution in [0.15, 0.2) is 0 Å². The predicted octanol–water partition coefficient (Wildman–Crippen LogP) is 3.96. The lowest BCUT2D eigenvalue weighted by Gasteiger charge is -2.29. The molecule has 2 rings (SSSR count). The van der Waals surface area contributed by atoms with Crippen LogP contribution in [0.5, 0.6) is 0 Å². The van der Waals surface area contributed by atoms with Gasteiger partial charge in [-0.15, -0.1) is 0 Å². The minimum atomic E-state index is -0.199. The standard InChI is InChI=1S/C32H59N3O7S/c36-30(14-12-10-8-6-4-2-1-3-5-7-9-11-13-27-43)35-28-31(37)33-15-19-39-23-24-41-21-17-34(32(38)29-35)18-22-42-26-25-40-20-16-33/h43H,1-29H2. The first kappa shape index (κ1) is 37.8. The quantitative estimate of drug-likeness (QED) is 0.166. The van der Waals surface area contributed by atoms with Gasteiger partial charge in [-0.05, 0) is 18.6 Å². The van der Waals surface area contributed by atoms with E-state index in [1.807, 2.05) is 0 Å². The van der Waals surface area contributed by atoms with Gasteiger partial charge in [-0.3, -0.25) is 14.4 Å². The number of thiol groups is 1. The van der Waals surface area contributed by atoms with Crippen molar-refractivity contribution >= 4 is 30.4 Å². The lowest BCUT2D eigenvalue weighted by Crippen LogP contribution is -2.49. The summed E-state index contributed by atoms with van der Waals surface area (Å²) in [5.41, 5.74) is 0. The van der Waals surface area contributed by atoms with Crippen molar-refractivity contribution in [3.8, 4) is 0 Å². The van der Waals surface area contributed by atoms with Crippen LogP contribution in [0.25, 0.3) is 0 Å². The largest absolute Gasteiger partial charge is 0.377 e. The van der Waals surface area contributed by atoms with Gasteiger partial charge in [0.2, 0.25) is 17.7 Å². The smallest absolute Gasteiger partial charge is 0.242 e. The van der Waals surface area contributed by atoms with Crippen LogP contribution in [0.3, 0.4) is 0 Å². The van der Waals surface area contributed by atoms with Crippen molar-refractivity contribution in [1.82, 2.24) is 14.7 Å². The molecule has 3 amide bonds. The zero-order valence-corrected chi connectivity index (χ0v) is 27.5. The zero-order chi connectivity index (χ0) is 30.8. The Hall–Kier alpha value is -1.40. The number of hydrogen-bond acceptors (Lipinski definition) is 8. The van der Waals surface area contributed by atoms with Gasteiger partial charge >= 0.3 is 0 Å². The Balaban J connectivity index is 1.83. The predicted molar refractivity (Wildman–Crippen MR) is 172 cm³/mol. The van der Waals surface area contributed by atoms with E-state index in [9.17, 15) is 14.4 Å². The Morgan fingerprint density at radius 1 is 0.512 bits per heavy atom. The molecule has 2 bridgehead atoms. The van der Waals surface area contributed by atoms with E-state index in [4.69, 9.17) is 18.9 Å². The number of rotatable bonds is 15. The van der Waals surface area contributed by atoms with Crippen molar-refractivity contribution in [2.24, 2.45) is 0 Å². The molecular formula is C32H59N3O7S. The van der Waals surface area contributed by atoms with E-state index in [1.54, 1.807) is 9.80 Å². The fourth-order valence-corrected chi connectivity index (χ4v) is 5.54. The summed E-state index contributed by atoms with van der Waals surface area (Å²) in [6.45, 7) is 4.43. The summed E-state index contributed by atoms with van der Waals surface area (Å²) in [7, 11) is 0. The number of unbranched alkanes of at least 4 members (excludes halogenated alkanes) is 12. The second-order valence-electron chi connectivity index (χ2n) is 11.5. The number of nitrogens with zero attached hydrogens (tertiary/aromatic N) is 3. The van der Waals surface area contributed by atoms with E-state index in [2.05, 4.69) is 12.6 Å². The molecule has 0 spiro atoms. The zero-order valence-electron chi connectivity index (χ0n) is 26.7. The molecule has 0 aromatic carbocycles. The van der Waals surface area contributed by atoms with E-state index in [-0.39, 0.29) is 30.8 Å². The molecule has 11 heteroatoms. The van der Waals surface area contributed by atoms with E-state index < -0.39 is 0 Å². The highest BCUT2D eigenvalue weighted by Gasteiger charge is 2.26. The molecule has 250 valence electrons. The molecule has 2 heterocycles. The van der Waals surface area contributed by atoms with Crippen LogP contribution in [0.1, 0.15) is 89.9 Å². The van der Waals surface area contributed by atoms with Crippen LogP contribution in [0.4, 0.5) is 0 Å². The topological polar surface area (TPSA) is 97.9 Å². The van der Waals surface area contributed by atoms with Gasteiger partial charge in [-0.25, -0.2) is 0 Å². The molecule has 0 aromatic rings. The van der Waals surface area contributed by atoms with Gasteiger partial charge in [0.15, 0.2) is 0 Å². The van der Waals surface area contributed by atoms with Gasteiger partial charge < -0.3 is 33.6 Å². The molecule has 0 radical (unpaired) electrons. The Bertz CT molecular complexity index is 688. The lowest BCUT2D eigenvalue weighted by atomic mass is 10.0. The summed E-state index contributed by atoms with van der Waals surface area (Å²) in [5.74, 6) is 0.455. The van der Waals surface area contributed by atoms with Crippen LogP contribution in [-0.4, -0.2) is 130 Å². The molecule has 10 nitrogen and oxygen atoms in total. The Morgan fingerprint density at radius 3 is 1.19 bits per heavy atom. The summed E-state index contributed by atoms with van der Waals surface area (Å²) >= 11 is 4.27. The van der Waals surface area contributed by atoms with Crippen molar-refractivity contribution in [2.75, 3.05) is 97.9 Å². The molecule has 0 unspecified atom stereocenters. The molecular weight excluding hydrogens is 570 g/mol. The summed E-state index contributed by atoms with van der Waals surface area (Å²) in [4.78, 5) is 44.8. The fourth-order valence-electron chi connectivity index (χ4n) is 5.31. The maximum Gasteiger partial charge on any atom is 0.242 e. The van der Waals surface area contributed by atoms with Crippen molar-refractivity contribution in [2.45, 2.75) is 89.9 Å².